The Labute approximate surface area is 108 Å². The van der Waals surface area contributed by atoms with Gasteiger partial charge in [0.25, 0.3) is 0 Å². The summed E-state index contributed by atoms with van der Waals surface area (Å²) in [6.45, 7) is 9.29. The molecular formula is C14H21NO3. The third kappa shape index (κ3) is 4.28. The number of rotatable bonds is 3. The summed E-state index contributed by atoms with van der Waals surface area (Å²) in [5.74, 6) is 0.175. The summed E-state index contributed by atoms with van der Waals surface area (Å²) < 4.78 is 10.8. The molecule has 0 atom stereocenters. The standard InChI is InChI=1S/C14H21NO3/c1-9(2)17-10-6-7-12(15)11(8-10)13(16)18-14(3,4)5/h6-9H,15H2,1-5H3. The summed E-state index contributed by atoms with van der Waals surface area (Å²) in [4.78, 5) is 12.0. The van der Waals surface area contributed by atoms with Crippen molar-refractivity contribution in [2.75, 3.05) is 5.73 Å². The van der Waals surface area contributed by atoms with Gasteiger partial charge in [-0.1, -0.05) is 0 Å². The molecule has 0 spiro atoms. The molecule has 0 heterocycles. The van der Waals surface area contributed by atoms with Crippen molar-refractivity contribution in [3.63, 3.8) is 0 Å². The number of ether oxygens (including phenoxy) is 2. The quantitative estimate of drug-likeness (QED) is 0.662. The fourth-order valence-corrected chi connectivity index (χ4v) is 1.39. The summed E-state index contributed by atoms with van der Waals surface area (Å²) in [7, 11) is 0. The van der Waals surface area contributed by atoms with Crippen molar-refractivity contribution in [2.24, 2.45) is 0 Å². The van der Waals surface area contributed by atoms with E-state index in [1.807, 2.05) is 34.6 Å². The molecule has 0 fully saturated rings. The van der Waals surface area contributed by atoms with E-state index in [9.17, 15) is 4.79 Å². The molecule has 0 unspecified atom stereocenters. The Bertz CT molecular complexity index is 433. The molecule has 0 aliphatic carbocycles. The molecule has 0 aliphatic rings. The van der Waals surface area contributed by atoms with Gasteiger partial charge in [0.1, 0.15) is 11.4 Å². The smallest absolute Gasteiger partial charge is 0.340 e. The lowest BCUT2D eigenvalue weighted by Gasteiger charge is -2.20. The van der Waals surface area contributed by atoms with Crippen LogP contribution in [0.4, 0.5) is 5.69 Å². The maximum absolute atomic E-state index is 12.0. The van der Waals surface area contributed by atoms with Gasteiger partial charge >= 0.3 is 5.97 Å². The molecule has 18 heavy (non-hydrogen) atoms. The fourth-order valence-electron chi connectivity index (χ4n) is 1.39. The van der Waals surface area contributed by atoms with Crippen molar-refractivity contribution in [1.82, 2.24) is 0 Å². The third-order valence-electron chi connectivity index (χ3n) is 2.02. The number of anilines is 1. The second-order valence-corrected chi connectivity index (χ2v) is 5.42. The molecule has 0 bridgehead atoms. The normalized spacial score (nSPS) is 11.4. The van der Waals surface area contributed by atoms with Crippen LogP contribution in [0.25, 0.3) is 0 Å². The Kier molecular flexibility index (Phi) is 4.22. The number of benzene rings is 1. The van der Waals surface area contributed by atoms with Gasteiger partial charge in [-0.3, -0.25) is 0 Å². The molecule has 4 heteroatoms. The molecular weight excluding hydrogens is 230 g/mol. The first-order valence-electron chi connectivity index (χ1n) is 5.98. The first kappa shape index (κ1) is 14.4. The zero-order valence-electron chi connectivity index (χ0n) is 11.6. The van der Waals surface area contributed by atoms with Gasteiger partial charge in [-0.05, 0) is 52.8 Å². The van der Waals surface area contributed by atoms with Crippen molar-refractivity contribution >= 4 is 11.7 Å². The maximum Gasteiger partial charge on any atom is 0.340 e. The lowest BCUT2D eigenvalue weighted by molar-refractivity contribution is 0.00702. The number of nitrogens with two attached hydrogens (primary N) is 1. The molecule has 0 amide bonds. The van der Waals surface area contributed by atoms with E-state index in [0.29, 0.717) is 17.0 Å². The summed E-state index contributed by atoms with van der Waals surface area (Å²) in [6, 6.07) is 5.00. The summed E-state index contributed by atoms with van der Waals surface area (Å²) in [6.07, 6.45) is 0.0418. The van der Waals surface area contributed by atoms with Crippen molar-refractivity contribution in [3.05, 3.63) is 23.8 Å². The number of carbonyl (C=O) groups is 1. The highest BCUT2D eigenvalue weighted by Gasteiger charge is 2.20. The van der Waals surface area contributed by atoms with Crippen molar-refractivity contribution < 1.29 is 14.3 Å². The van der Waals surface area contributed by atoms with Crippen molar-refractivity contribution in [1.29, 1.82) is 0 Å². The lowest BCUT2D eigenvalue weighted by Crippen LogP contribution is -2.24. The molecule has 0 aliphatic heterocycles. The summed E-state index contributed by atoms with van der Waals surface area (Å²) in [5.41, 5.74) is 5.97. The van der Waals surface area contributed by atoms with Crippen molar-refractivity contribution in [3.8, 4) is 5.75 Å². The largest absolute Gasteiger partial charge is 0.491 e. The SMILES string of the molecule is CC(C)Oc1ccc(N)c(C(=O)OC(C)(C)C)c1. The average molecular weight is 251 g/mol. The molecule has 1 aromatic carbocycles. The van der Waals surface area contributed by atoms with Crippen LogP contribution in [-0.2, 0) is 4.74 Å². The zero-order chi connectivity index (χ0) is 13.9. The number of esters is 1. The lowest BCUT2D eigenvalue weighted by atomic mass is 10.1. The van der Waals surface area contributed by atoms with Crippen LogP contribution < -0.4 is 10.5 Å². The molecule has 0 radical (unpaired) electrons. The highest BCUT2D eigenvalue weighted by Crippen LogP contribution is 2.23. The summed E-state index contributed by atoms with van der Waals surface area (Å²) in [5, 5.41) is 0. The van der Waals surface area contributed by atoms with Crippen LogP contribution in [0.1, 0.15) is 45.0 Å². The molecule has 0 saturated carbocycles. The molecule has 1 aromatic rings. The minimum atomic E-state index is -0.543. The Morgan fingerprint density at radius 1 is 1.28 bits per heavy atom. The van der Waals surface area contributed by atoms with E-state index in [2.05, 4.69) is 0 Å². The first-order chi connectivity index (χ1) is 8.19. The number of carbonyl (C=O) groups excluding carboxylic acids is 1. The highest BCUT2D eigenvalue weighted by atomic mass is 16.6. The molecule has 4 nitrogen and oxygen atoms in total. The zero-order valence-corrected chi connectivity index (χ0v) is 11.6. The second kappa shape index (κ2) is 5.29. The Hall–Kier alpha value is -1.71. The number of nitrogen functional groups attached to an aromatic ring is 1. The van der Waals surface area contributed by atoms with Gasteiger partial charge in [-0.25, -0.2) is 4.79 Å². The number of hydrogen-bond acceptors (Lipinski definition) is 4. The monoisotopic (exact) mass is 251 g/mol. The summed E-state index contributed by atoms with van der Waals surface area (Å²) >= 11 is 0. The van der Waals surface area contributed by atoms with Crippen molar-refractivity contribution in [2.45, 2.75) is 46.3 Å². The first-order valence-corrected chi connectivity index (χ1v) is 5.98. The van der Waals surface area contributed by atoms with Crippen LogP contribution in [0.5, 0.6) is 5.75 Å². The number of hydrogen-bond donors (Lipinski definition) is 1. The Balaban J connectivity index is 2.97. The van der Waals surface area contributed by atoms with E-state index >= 15 is 0 Å². The van der Waals surface area contributed by atoms with Gasteiger partial charge in [-0.2, -0.15) is 0 Å². The minimum absolute atomic E-state index is 0.0418. The van der Waals surface area contributed by atoms with E-state index < -0.39 is 11.6 Å². The van der Waals surface area contributed by atoms with E-state index in [0.717, 1.165) is 0 Å². The molecule has 0 saturated heterocycles. The van der Waals surface area contributed by atoms with Crippen LogP contribution in [-0.4, -0.2) is 17.7 Å². The van der Waals surface area contributed by atoms with E-state index in [1.165, 1.54) is 0 Å². The van der Waals surface area contributed by atoms with Crippen LogP contribution in [0.15, 0.2) is 18.2 Å². The Morgan fingerprint density at radius 3 is 2.39 bits per heavy atom. The second-order valence-electron chi connectivity index (χ2n) is 5.42. The topological polar surface area (TPSA) is 61.5 Å². The third-order valence-corrected chi connectivity index (χ3v) is 2.02. The molecule has 1 rings (SSSR count). The highest BCUT2D eigenvalue weighted by molar-refractivity contribution is 5.95. The minimum Gasteiger partial charge on any atom is -0.491 e. The maximum atomic E-state index is 12.0. The van der Waals surface area contributed by atoms with Gasteiger partial charge in [0.15, 0.2) is 0 Å². The van der Waals surface area contributed by atoms with Crippen LogP contribution in [0.2, 0.25) is 0 Å². The van der Waals surface area contributed by atoms with Gasteiger partial charge in [0, 0.05) is 5.69 Å². The predicted molar refractivity (Wildman–Crippen MR) is 71.8 cm³/mol. The van der Waals surface area contributed by atoms with Crippen LogP contribution in [0, 0.1) is 0 Å². The van der Waals surface area contributed by atoms with Gasteiger partial charge < -0.3 is 15.2 Å². The van der Waals surface area contributed by atoms with Gasteiger partial charge in [-0.15, -0.1) is 0 Å². The van der Waals surface area contributed by atoms with Crippen LogP contribution in [0.3, 0.4) is 0 Å². The molecule has 0 aromatic heterocycles. The van der Waals surface area contributed by atoms with E-state index in [4.69, 9.17) is 15.2 Å². The van der Waals surface area contributed by atoms with Gasteiger partial charge in [0.2, 0.25) is 0 Å². The Morgan fingerprint density at radius 2 is 1.89 bits per heavy atom. The van der Waals surface area contributed by atoms with Gasteiger partial charge in [0.05, 0.1) is 11.7 Å². The molecule has 2 N–H and O–H groups in total. The molecule has 100 valence electrons. The van der Waals surface area contributed by atoms with E-state index in [-0.39, 0.29) is 6.10 Å². The van der Waals surface area contributed by atoms with Crippen LogP contribution >= 0.6 is 0 Å². The fraction of sp³-hybridized carbons (Fsp3) is 0.500. The van der Waals surface area contributed by atoms with E-state index in [1.54, 1.807) is 18.2 Å². The predicted octanol–water partition coefficient (Wildman–Crippen LogP) is 3.01. The average Bonchev–Trinajstić information content (AvgIpc) is 2.17.